The Bertz CT molecular complexity index is 1040. The summed E-state index contributed by atoms with van der Waals surface area (Å²) < 4.78 is 5.21. The second kappa shape index (κ2) is 9.40. The monoisotopic (exact) mass is 430 g/mol. The number of benzene rings is 2. The normalized spacial score (nSPS) is 10.3. The summed E-state index contributed by atoms with van der Waals surface area (Å²) in [7, 11) is 1.52. The van der Waals surface area contributed by atoms with Crippen LogP contribution in [0, 0.1) is 6.92 Å². The van der Waals surface area contributed by atoms with E-state index in [1.807, 2.05) is 18.2 Å². The summed E-state index contributed by atoms with van der Waals surface area (Å²) in [5.41, 5.74) is 1.87. The lowest BCUT2D eigenvalue weighted by molar-refractivity contribution is 0.0954. The van der Waals surface area contributed by atoms with Crippen LogP contribution in [0.15, 0.2) is 48.5 Å². The van der Waals surface area contributed by atoms with Gasteiger partial charge in [-0.2, -0.15) is 0 Å². The van der Waals surface area contributed by atoms with E-state index in [0.29, 0.717) is 38.7 Å². The number of carbonyl (C=O) groups excluding carboxylic acids is 2. The predicted octanol–water partition coefficient (Wildman–Crippen LogP) is 4.69. The van der Waals surface area contributed by atoms with Gasteiger partial charge in [0.15, 0.2) is 5.13 Å². The van der Waals surface area contributed by atoms with Crippen LogP contribution in [-0.2, 0) is 6.54 Å². The Morgan fingerprint density at radius 3 is 2.59 bits per heavy atom. The number of hydrogen-bond donors (Lipinski definition) is 3. The molecule has 7 nitrogen and oxygen atoms in total. The third-order valence-corrected chi connectivity index (χ3v) is 5.42. The maximum Gasteiger partial charge on any atom is 0.325 e. The van der Waals surface area contributed by atoms with Crippen LogP contribution in [0.4, 0.5) is 15.6 Å². The van der Waals surface area contributed by atoms with Crippen molar-refractivity contribution in [3.05, 3.63) is 69.7 Å². The summed E-state index contributed by atoms with van der Waals surface area (Å²) in [5.74, 6) is 0.260. The van der Waals surface area contributed by atoms with Gasteiger partial charge in [-0.25, -0.2) is 9.78 Å². The Labute approximate surface area is 177 Å². The number of anilines is 2. The second-order valence-electron chi connectivity index (χ2n) is 5.99. The number of nitrogens with zero attached hydrogens (tertiary/aromatic N) is 1. The number of hydrogen-bond acceptors (Lipinski definition) is 5. The maximum absolute atomic E-state index is 12.5. The maximum atomic E-state index is 12.5. The lowest BCUT2D eigenvalue weighted by atomic mass is 10.2. The molecule has 0 aliphatic carbocycles. The van der Waals surface area contributed by atoms with Crippen molar-refractivity contribution in [2.75, 3.05) is 17.7 Å². The second-order valence-corrected chi connectivity index (χ2v) is 7.39. The van der Waals surface area contributed by atoms with Crippen LogP contribution in [0.25, 0.3) is 0 Å². The van der Waals surface area contributed by atoms with Crippen molar-refractivity contribution >= 4 is 45.7 Å². The van der Waals surface area contributed by atoms with E-state index in [1.54, 1.807) is 37.3 Å². The number of aryl methyl sites for hydroxylation is 1. The van der Waals surface area contributed by atoms with Gasteiger partial charge in [0.05, 0.1) is 18.5 Å². The Kier molecular flexibility index (Phi) is 6.69. The van der Waals surface area contributed by atoms with Gasteiger partial charge in [-0.05, 0) is 30.7 Å². The van der Waals surface area contributed by atoms with Gasteiger partial charge in [0, 0.05) is 11.6 Å². The minimum Gasteiger partial charge on any atom is -0.495 e. The highest BCUT2D eigenvalue weighted by Crippen LogP contribution is 2.25. The molecule has 3 N–H and O–H groups in total. The van der Waals surface area contributed by atoms with Gasteiger partial charge in [-0.1, -0.05) is 53.3 Å². The van der Waals surface area contributed by atoms with Gasteiger partial charge in [0.1, 0.15) is 10.6 Å². The molecule has 0 spiro atoms. The molecule has 3 rings (SSSR count). The van der Waals surface area contributed by atoms with E-state index < -0.39 is 6.03 Å². The number of ether oxygens (including phenoxy) is 1. The summed E-state index contributed by atoms with van der Waals surface area (Å²) in [6.45, 7) is 2.01. The van der Waals surface area contributed by atoms with Crippen molar-refractivity contribution in [1.29, 1.82) is 0 Å². The smallest absolute Gasteiger partial charge is 0.325 e. The average Bonchev–Trinajstić information content (AvgIpc) is 3.07. The highest BCUT2D eigenvalue weighted by atomic mass is 35.5. The summed E-state index contributed by atoms with van der Waals surface area (Å²) in [6, 6.07) is 13.9. The number of aromatic nitrogens is 1. The molecular formula is C20H19ClN4O3S. The van der Waals surface area contributed by atoms with Crippen molar-refractivity contribution in [3.8, 4) is 5.75 Å². The van der Waals surface area contributed by atoms with Gasteiger partial charge in [-0.3, -0.25) is 10.1 Å². The molecule has 0 saturated carbocycles. The van der Waals surface area contributed by atoms with Crippen LogP contribution < -0.4 is 20.7 Å². The molecule has 1 heterocycles. The molecule has 3 aromatic rings. The van der Waals surface area contributed by atoms with Gasteiger partial charge in [-0.15, -0.1) is 0 Å². The van der Waals surface area contributed by atoms with Gasteiger partial charge in [0.2, 0.25) is 0 Å². The summed E-state index contributed by atoms with van der Waals surface area (Å²) in [5, 5.41) is 9.06. The van der Waals surface area contributed by atoms with E-state index in [-0.39, 0.29) is 5.91 Å². The van der Waals surface area contributed by atoms with Crippen LogP contribution in [-0.4, -0.2) is 24.0 Å². The Morgan fingerprint density at radius 1 is 1.10 bits per heavy atom. The van der Waals surface area contributed by atoms with E-state index in [4.69, 9.17) is 16.3 Å². The first-order valence-corrected chi connectivity index (χ1v) is 9.87. The number of urea groups is 1. The molecule has 9 heteroatoms. The Morgan fingerprint density at radius 2 is 1.83 bits per heavy atom. The number of halogens is 1. The molecule has 29 heavy (non-hydrogen) atoms. The zero-order valence-corrected chi connectivity index (χ0v) is 17.4. The first-order valence-electron chi connectivity index (χ1n) is 8.68. The van der Waals surface area contributed by atoms with Crippen molar-refractivity contribution < 1.29 is 14.3 Å². The molecular weight excluding hydrogens is 412 g/mol. The Balaban J connectivity index is 1.62. The highest BCUT2D eigenvalue weighted by Gasteiger charge is 2.17. The summed E-state index contributed by atoms with van der Waals surface area (Å²) in [6.07, 6.45) is 0. The zero-order valence-electron chi connectivity index (χ0n) is 15.8. The summed E-state index contributed by atoms with van der Waals surface area (Å²) >= 11 is 7.21. The third kappa shape index (κ3) is 5.24. The van der Waals surface area contributed by atoms with Gasteiger partial charge < -0.3 is 15.4 Å². The number of carbonyl (C=O) groups is 2. The molecule has 0 bridgehead atoms. The standard InChI is InChI=1S/C20H19ClN4O3S/c1-12-17(18(26)22-11-13-7-3-4-8-14(13)21)29-20(23-12)25-19(27)24-15-9-5-6-10-16(15)28-2/h3-10H,11H2,1-2H3,(H,22,26)(H2,23,24,25,27). The topological polar surface area (TPSA) is 92.3 Å². The fraction of sp³-hybridized carbons (Fsp3) is 0.150. The lowest BCUT2D eigenvalue weighted by Gasteiger charge is -2.09. The molecule has 3 amide bonds. The number of para-hydroxylation sites is 2. The van der Waals surface area contributed by atoms with Crippen molar-refractivity contribution in [1.82, 2.24) is 10.3 Å². The van der Waals surface area contributed by atoms with Crippen LogP contribution in [0.5, 0.6) is 5.75 Å². The average molecular weight is 431 g/mol. The molecule has 0 aliphatic heterocycles. The van der Waals surface area contributed by atoms with Crippen LogP contribution >= 0.6 is 22.9 Å². The van der Waals surface area contributed by atoms with Crippen molar-refractivity contribution in [2.24, 2.45) is 0 Å². The third-order valence-electron chi connectivity index (χ3n) is 3.98. The molecule has 2 aromatic carbocycles. The number of rotatable bonds is 6. The fourth-order valence-electron chi connectivity index (χ4n) is 2.56. The van der Waals surface area contributed by atoms with E-state index >= 15 is 0 Å². The van der Waals surface area contributed by atoms with Crippen molar-refractivity contribution in [2.45, 2.75) is 13.5 Å². The largest absolute Gasteiger partial charge is 0.495 e. The number of nitrogens with one attached hydrogen (secondary N) is 3. The molecule has 0 saturated heterocycles. The molecule has 150 valence electrons. The van der Waals surface area contributed by atoms with Crippen molar-refractivity contribution in [3.63, 3.8) is 0 Å². The fourth-order valence-corrected chi connectivity index (χ4v) is 3.64. The Hall–Kier alpha value is -3.10. The SMILES string of the molecule is COc1ccccc1NC(=O)Nc1nc(C)c(C(=O)NCc2ccccc2Cl)s1. The minimum atomic E-state index is -0.480. The van der Waals surface area contributed by atoms with Crippen LogP contribution in [0.2, 0.25) is 5.02 Å². The van der Waals surface area contributed by atoms with E-state index in [0.717, 1.165) is 16.9 Å². The zero-order chi connectivity index (χ0) is 20.8. The highest BCUT2D eigenvalue weighted by molar-refractivity contribution is 7.17. The lowest BCUT2D eigenvalue weighted by Crippen LogP contribution is -2.22. The quantitative estimate of drug-likeness (QED) is 0.529. The van der Waals surface area contributed by atoms with Gasteiger partial charge >= 0.3 is 6.03 Å². The molecule has 1 aromatic heterocycles. The van der Waals surface area contributed by atoms with E-state index in [1.165, 1.54) is 7.11 Å². The first-order chi connectivity index (χ1) is 14.0. The molecule has 0 fully saturated rings. The summed E-state index contributed by atoms with van der Waals surface area (Å²) in [4.78, 5) is 29.4. The minimum absolute atomic E-state index is 0.280. The number of thiazole rings is 1. The van der Waals surface area contributed by atoms with Crippen LogP contribution in [0.3, 0.4) is 0 Å². The molecule has 0 unspecified atom stereocenters. The van der Waals surface area contributed by atoms with E-state index in [9.17, 15) is 9.59 Å². The molecule has 0 atom stereocenters. The molecule has 0 radical (unpaired) electrons. The first kappa shape index (κ1) is 20.6. The number of amides is 3. The van der Waals surface area contributed by atoms with Gasteiger partial charge in [0.25, 0.3) is 5.91 Å². The number of methoxy groups -OCH3 is 1. The van der Waals surface area contributed by atoms with E-state index in [2.05, 4.69) is 20.9 Å². The molecule has 0 aliphatic rings. The predicted molar refractivity (Wildman–Crippen MR) is 115 cm³/mol. The van der Waals surface area contributed by atoms with Crippen LogP contribution in [0.1, 0.15) is 20.9 Å².